The van der Waals surface area contributed by atoms with Crippen LogP contribution < -0.4 is 11.1 Å². The van der Waals surface area contributed by atoms with Crippen molar-refractivity contribution in [2.45, 2.75) is 49.8 Å². The number of aliphatic hydroxyl groups is 1. The van der Waals surface area contributed by atoms with E-state index >= 15 is 0 Å². The summed E-state index contributed by atoms with van der Waals surface area (Å²) in [6.45, 7) is 0.537. The van der Waals surface area contributed by atoms with Gasteiger partial charge in [0.2, 0.25) is 5.91 Å². The molecule has 0 spiro atoms. The summed E-state index contributed by atoms with van der Waals surface area (Å²) in [7, 11) is -3.10. The van der Waals surface area contributed by atoms with Gasteiger partial charge in [-0.3, -0.25) is 9.69 Å². The van der Waals surface area contributed by atoms with Crippen molar-refractivity contribution in [1.29, 1.82) is 0 Å². The third-order valence-electron chi connectivity index (χ3n) is 4.62. The van der Waals surface area contributed by atoms with Crippen molar-refractivity contribution >= 4 is 15.7 Å². The Labute approximate surface area is 125 Å². The maximum Gasteiger partial charge on any atom is 0.237 e. The van der Waals surface area contributed by atoms with Crippen molar-refractivity contribution in [3.8, 4) is 0 Å². The number of aliphatic hydroxyl groups excluding tert-OH is 1. The van der Waals surface area contributed by atoms with E-state index in [0.717, 1.165) is 38.4 Å². The van der Waals surface area contributed by atoms with E-state index in [1.54, 1.807) is 0 Å². The summed E-state index contributed by atoms with van der Waals surface area (Å²) in [5.41, 5.74) is 5.00. The van der Waals surface area contributed by atoms with E-state index in [-0.39, 0.29) is 18.3 Å². The number of amides is 1. The third-order valence-corrected chi connectivity index (χ3v) is 5.35. The van der Waals surface area contributed by atoms with Gasteiger partial charge in [-0.15, -0.1) is 0 Å². The molecule has 122 valence electrons. The topological polar surface area (TPSA) is 113 Å². The molecule has 2 fully saturated rings. The number of hydrogen-bond donors (Lipinski definition) is 3. The summed E-state index contributed by atoms with van der Waals surface area (Å²) < 4.78 is 22.1. The van der Waals surface area contributed by atoms with Crippen LogP contribution >= 0.6 is 0 Å². The lowest BCUT2D eigenvalue weighted by atomic mass is 9.87. The van der Waals surface area contributed by atoms with Crippen LogP contribution in [0.2, 0.25) is 0 Å². The van der Waals surface area contributed by atoms with Crippen LogP contribution in [-0.2, 0) is 14.6 Å². The standard InChI is InChI=1S/C13H25N3O4S/c1-21(19,20)9-15-7-11(17)8-16-10-3-2-5-13(16,6-4-10)12(14)18/h10-11,15,17H,2-9H2,1H3,(H2,14,18)/t10-,11-,13+/m0/s1. The van der Waals surface area contributed by atoms with Crippen molar-refractivity contribution in [3.63, 3.8) is 0 Å². The summed E-state index contributed by atoms with van der Waals surface area (Å²) in [6, 6.07) is 0.302. The Morgan fingerprint density at radius 3 is 2.81 bits per heavy atom. The predicted molar refractivity (Wildman–Crippen MR) is 79.2 cm³/mol. The maximum absolute atomic E-state index is 11.9. The molecule has 0 radical (unpaired) electrons. The predicted octanol–water partition coefficient (Wildman–Crippen LogP) is -1.19. The van der Waals surface area contributed by atoms with E-state index in [0.29, 0.717) is 12.6 Å². The molecule has 0 aromatic carbocycles. The minimum absolute atomic E-state index is 0.158. The Kier molecular flexibility index (Phi) is 4.92. The SMILES string of the molecule is CS(=O)(=O)CNC[C@H](O)CN1[C@H]2CCC[C@]1(C(N)=O)CC2. The molecular formula is C13H25N3O4S. The summed E-state index contributed by atoms with van der Waals surface area (Å²) in [5, 5.41) is 12.8. The van der Waals surface area contributed by atoms with Gasteiger partial charge >= 0.3 is 0 Å². The van der Waals surface area contributed by atoms with E-state index in [2.05, 4.69) is 5.32 Å². The Morgan fingerprint density at radius 2 is 2.19 bits per heavy atom. The largest absolute Gasteiger partial charge is 0.390 e. The lowest BCUT2D eigenvalue weighted by molar-refractivity contribution is -0.132. The maximum atomic E-state index is 11.9. The minimum atomic E-state index is -3.10. The molecule has 0 aromatic rings. The first-order valence-electron chi connectivity index (χ1n) is 7.38. The number of primary amides is 1. The van der Waals surface area contributed by atoms with Crippen molar-refractivity contribution in [1.82, 2.24) is 10.2 Å². The molecule has 7 nitrogen and oxygen atoms in total. The molecule has 4 N–H and O–H groups in total. The number of sulfone groups is 1. The lowest BCUT2D eigenvalue weighted by Crippen LogP contribution is -2.60. The molecule has 0 aliphatic carbocycles. The third kappa shape index (κ3) is 3.74. The summed E-state index contributed by atoms with van der Waals surface area (Å²) in [6.07, 6.45) is 4.89. The summed E-state index contributed by atoms with van der Waals surface area (Å²) in [4.78, 5) is 13.9. The highest BCUT2D eigenvalue weighted by Gasteiger charge is 2.52. The first-order chi connectivity index (χ1) is 9.74. The highest BCUT2D eigenvalue weighted by Crippen LogP contribution is 2.43. The zero-order valence-corrected chi connectivity index (χ0v) is 13.2. The second-order valence-electron chi connectivity index (χ2n) is 6.31. The van der Waals surface area contributed by atoms with Crippen molar-refractivity contribution in [2.75, 3.05) is 25.2 Å². The molecule has 8 heteroatoms. The number of fused-ring (bicyclic) bond motifs is 2. The van der Waals surface area contributed by atoms with Gasteiger partial charge in [-0.1, -0.05) is 0 Å². The second-order valence-corrected chi connectivity index (χ2v) is 8.45. The summed E-state index contributed by atoms with van der Waals surface area (Å²) in [5.74, 6) is -0.463. The zero-order chi connectivity index (χ0) is 15.7. The minimum Gasteiger partial charge on any atom is -0.390 e. The van der Waals surface area contributed by atoms with Crippen LogP contribution in [0.3, 0.4) is 0 Å². The van der Waals surface area contributed by atoms with Crippen LogP contribution in [0.1, 0.15) is 32.1 Å². The Balaban J connectivity index is 1.93. The van der Waals surface area contributed by atoms with Gasteiger partial charge in [-0.05, 0) is 32.1 Å². The Bertz CT molecular complexity index is 492. The smallest absolute Gasteiger partial charge is 0.237 e. The fraction of sp³-hybridized carbons (Fsp3) is 0.923. The molecule has 2 aliphatic rings. The van der Waals surface area contributed by atoms with E-state index in [4.69, 9.17) is 5.73 Å². The number of hydrogen-bond acceptors (Lipinski definition) is 6. The molecule has 2 saturated heterocycles. The summed E-state index contributed by atoms with van der Waals surface area (Å²) >= 11 is 0. The van der Waals surface area contributed by atoms with Gasteiger partial charge in [0.05, 0.1) is 12.0 Å². The highest BCUT2D eigenvalue weighted by atomic mass is 32.2. The number of rotatable bonds is 7. The number of carbonyl (C=O) groups is 1. The second kappa shape index (κ2) is 6.20. The molecule has 3 atom stereocenters. The van der Waals surface area contributed by atoms with E-state index in [9.17, 15) is 18.3 Å². The van der Waals surface area contributed by atoms with Crippen LogP contribution in [-0.4, -0.2) is 67.2 Å². The van der Waals surface area contributed by atoms with Gasteiger partial charge in [0, 0.05) is 25.4 Å². The van der Waals surface area contributed by atoms with Crippen LogP contribution in [0, 0.1) is 0 Å². The van der Waals surface area contributed by atoms with Gasteiger partial charge in [0.1, 0.15) is 5.54 Å². The number of piperidine rings is 1. The molecule has 0 aromatic heterocycles. The lowest BCUT2D eigenvalue weighted by Gasteiger charge is -2.43. The fourth-order valence-electron chi connectivity index (χ4n) is 3.67. The quantitative estimate of drug-likeness (QED) is 0.544. The average molecular weight is 319 g/mol. The number of carbonyl (C=O) groups excluding carboxylic acids is 1. The molecule has 0 saturated carbocycles. The van der Waals surface area contributed by atoms with Gasteiger partial charge in [-0.25, -0.2) is 8.42 Å². The molecule has 0 unspecified atom stereocenters. The molecular weight excluding hydrogens is 294 g/mol. The molecule has 1 amide bonds. The van der Waals surface area contributed by atoms with Crippen LogP contribution in [0.4, 0.5) is 0 Å². The Hall–Kier alpha value is -0.700. The Morgan fingerprint density at radius 1 is 1.48 bits per heavy atom. The van der Waals surface area contributed by atoms with Gasteiger partial charge in [0.15, 0.2) is 9.84 Å². The van der Waals surface area contributed by atoms with Crippen molar-refractivity contribution in [3.05, 3.63) is 0 Å². The molecule has 2 aliphatic heterocycles. The average Bonchev–Trinajstić information content (AvgIpc) is 2.57. The van der Waals surface area contributed by atoms with Crippen LogP contribution in [0.15, 0.2) is 0 Å². The van der Waals surface area contributed by atoms with Gasteiger partial charge in [0.25, 0.3) is 0 Å². The fourth-order valence-corrected chi connectivity index (χ4v) is 4.16. The van der Waals surface area contributed by atoms with Crippen LogP contribution in [0.25, 0.3) is 0 Å². The number of nitrogens with one attached hydrogen (secondary N) is 1. The number of β-amino-alcohol motifs (C(OH)–C–C–N with tert-alkyl or cyclic N) is 1. The van der Waals surface area contributed by atoms with Crippen molar-refractivity contribution < 1.29 is 18.3 Å². The van der Waals surface area contributed by atoms with Crippen molar-refractivity contribution in [2.24, 2.45) is 5.73 Å². The first kappa shape index (κ1) is 16.7. The van der Waals surface area contributed by atoms with Gasteiger partial charge < -0.3 is 16.2 Å². The first-order valence-corrected chi connectivity index (χ1v) is 9.44. The monoisotopic (exact) mass is 319 g/mol. The zero-order valence-electron chi connectivity index (χ0n) is 12.4. The van der Waals surface area contributed by atoms with Crippen LogP contribution in [0.5, 0.6) is 0 Å². The molecule has 21 heavy (non-hydrogen) atoms. The number of nitrogens with zero attached hydrogens (tertiary/aromatic N) is 1. The van der Waals surface area contributed by atoms with E-state index in [1.807, 2.05) is 4.90 Å². The normalized spacial score (nSPS) is 31.2. The number of nitrogens with two attached hydrogens (primary N) is 1. The van der Waals surface area contributed by atoms with E-state index < -0.39 is 21.5 Å². The molecule has 2 bridgehead atoms. The molecule has 2 rings (SSSR count). The molecule has 2 heterocycles. The van der Waals surface area contributed by atoms with Gasteiger partial charge in [-0.2, -0.15) is 0 Å². The van der Waals surface area contributed by atoms with E-state index in [1.165, 1.54) is 0 Å². The highest BCUT2D eigenvalue weighted by molar-refractivity contribution is 7.90.